The standard InChI is InChI=1S/C25H25N3O3S2/c1-17-10-12-20(13-11-17)23(30)27-26-22(29)9-6-14-28-24(31)21(33-25(28)32)16-18(2)15-19-7-4-3-5-8-19/h3-5,7-8,10-13,15-16H,6,9,14H2,1-2H3,(H,26,29)(H,27,30)/b18-15+,21-16-. The van der Waals surface area contributed by atoms with Crippen LogP contribution in [-0.2, 0) is 9.59 Å². The van der Waals surface area contributed by atoms with Crippen molar-refractivity contribution in [2.45, 2.75) is 26.7 Å². The smallest absolute Gasteiger partial charge is 0.269 e. The van der Waals surface area contributed by atoms with Crippen molar-refractivity contribution in [1.29, 1.82) is 0 Å². The van der Waals surface area contributed by atoms with Gasteiger partial charge in [-0.1, -0.05) is 78.1 Å². The van der Waals surface area contributed by atoms with E-state index in [1.807, 2.05) is 68.5 Å². The summed E-state index contributed by atoms with van der Waals surface area (Å²) in [6.45, 7) is 4.21. The summed E-state index contributed by atoms with van der Waals surface area (Å²) in [5.41, 5.74) is 8.31. The highest BCUT2D eigenvalue weighted by atomic mass is 32.2. The summed E-state index contributed by atoms with van der Waals surface area (Å²) in [5, 5.41) is 0. The molecule has 33 heavy (non-hydrogen) atoms. The highest BCUT2D eigenvalue weighted by Gasteiger charge is 2.31. The molecule has 2 N–H and O–H groups in total. The molecule has 1 aliphatic rings. The van der Waals surface area contributed by atoms with E-state index in [0.29, 0.717) is 27.8 Å². The molecule has 8 heteroatoms. The number of hydrogen-bond donors (Lipinski definition) is 2. The van der Waals surface area contributed by atoms with Crippen LogP contribution in [0.5, 0.6) is 0 Å². The minimum Gasteiger partial charge on any atom is -0.293 e. The van der Waals surface area contributed by atoms with Crippen molar-refractivity contribution in [3.63, 3.8) is 0 Å². The first kappa shape index (κ1) is 24.4. The number of amides is 3. The lowest BCUT2D eigenvalue weighted by Crippen LogP contribution is -2.41. The molecule has 0 atom stereocenters. The van der Waals surface area contributed by atoms with Crippen LogP contribution in [-0.4, -0.2) is 33.5 Å². The van der Waals surface area contributed by atoms with Crippen LogP contribution in [0.2, 0.25) is 0 Å². The van der Waals surface area contributed by atoms with Crippen molar-refractivity contribution in [2.24, 2.45) is 0 Å². The van der Waals surface area contributed by atoms with E-state index < -0.39 is 0 Å². The Bertz CT molecular complexity index is 1110. The molecule has 0 aliphatic carbocycles. The molecule has 0 aromatic heterocycles. The van der Waals surface area contributed by atoms with Crippen LogP contribution in [0.1, 0.15) is 41.3 Å². The fraction of sp³-hybridized carbons (Fsp3) is 0.200. The Labute approximate surface area is 203 Å². The van der Waals surface area contributed by atoms with Crippen LogP contribution >= 0.6 is 24.0 Å². The minimum absolute atomic E-state index is 0.150. The largest absolute Gasteiger partial charge is 0.293 e. The van der Waals surface area contributed by atoms with E-state index in [4.69, 9.17) is 12.2 Å². The number of rotatable bonds is 7. The molecule has 0 unspecified atom stereocenters. The Hall–Kier alpha value is -3.23. The molecule has 170 valence electrons. The summed E-state index contributed by atoms with van der Waals surface area (Å²) < 4.78 is 0.479. The number of benzene rings is 2. The summed E-state index contributed by atoms with van der Waals surface area (Å²) in [7, 11) is 0. The quantitative estimate of drug-likeness (QED) is 0.350. The molecule has 0 radical (unpaired) electrons. The van der Waals surface area contributed by atoms with Crippen molar-refractivity contribution in [3.05, 3.63) is 87.8 Å². The summed E-state index contributed by atoms with van der Waals surface area (Å²) >= 11 is 6.62. The normalized spacial score (nSPS) is 15.2. The van der Waals surface area contributed by atoms with E-state index >= 15 is 0 Å². The molecule has 0 saturated carbocycles. The summed E-state index contributed by atoms with van der Waals surface area (Å²) in [6.07, 6.45) is 4.41. The van der Waals surface area contributed by atoms with Gasteiger partial charge in [0.2, 0.25) is 5.91 Å². The van der Waals surface area contributed by atoms with Crippen molar-refractivity contribution in [3.8, 4) is 0 Å². The van der Waals surface area contributed by atoms with Gasteiger partial charge in [0, 0.05) is 18.5 Å². The van der Waals surface area contributed by atoms with Gasteiger partial charge in [-0.25, -0.2) is 0 Å². The zero-order valence-electron chi connectivity index (χ0n) is 18.5. The fourth-order valence-corrected chi connectivity index (χ4v) is 4.48. The Morgan fingerprint density at radius 3 is 2.45 bits per heavy atom. The maximum atomic E-state index is 12.7. The molecule has 6 nitrogen and oxygen atoms in total. The molecule has 1 saturated heterocycles. The van der Waals surface area contributed by atoms with Crippen LogP contribution in [0.25, 0.3) is 6.08 Å². The van der Waals surface area contributed by atoms with E-state index in [1.165, 1.54) is 16.7 Å². The Balaban J connectivity index is 1.46. The van der Waals surface area contributed by atoms with Crippen LogP contribution < -0.4 is 10.9 Å². The molecule has 3 amide bonds. The van der Waals surface area contributed by atoms with Gasteiger partial charge in [0.1, 0.15) is 4.32 Å². The second-order valence-corrected chi connectivity index (χ2v) is 9.28. The summed E-state index contributed by atoms with van der Waals surface area (Å²) in [5.74, 6) is -0.874. The van der Waals surface area contributed by atoms with Crippen LogP contribution in [0, 0.1) is 6.92 Å². The number of nitrogens with one attached hydrogen (secondary N) is 2. The number of allylic oxidation sites excluding steroid dienone is 2. The Morgan fingerprint density at radius 2 is 1.76 bits per heavy atom. The maximum absolute atomic E-state index is 12.7. The molecule has 0 spiro atoms. The zero-order valence-corrected chi connectivity index (χ0v) is 20.1. The lowest BCUT2D eigenvalue weighted by molar-refractivity contribution is -0.124. The van der Waals surface area contributed by atoms with Gasteiger partial charge in [0.25, 0.3) is 11.8 Å². The average Bonchev–Trinajstić information content (AvgIpc) is 3.05. The third-order valence-corrected chi connectivity index (χ3v) is 6.22. The van der Waals surface area contributed by atoms with Crippen LogP contribution in [0.4, 0.5) is 0 Å². The second-order valence-electron chi connectivity index (χ2n) is 7.60. The molecule has 1 heterocycles. The Morgan fingerprint density at radius 1 is 1.06 bits per heavy atom. The number of hydrazine groups is 1. The first-order chi connectivity index (χ1) is 15.8. The molecule has 1 fully saturated rings. The molecule has 2 aromatic rings. The van der Waals surface area contributed by atoms with E-state index in [0.717, 1.165) is 16.7 Å². The Kier molecular flexibility index (Phi) is 8.57. The topological polar surface area (TPSA) is 78.5 Å². The third-order valence-electron chi connectivity index (χ3n) is 4.84. The predicted molar refractivity (Wildman–Crippen MR) is 136 cm³/mol. The van der Waals surface area contributed by atoms with Crippen molar-refractivity contribution >= 4 is 52.1 Å². The molecule has 2 aromatic carbocycles. The number of carbonyl (C=O) groups excluding carboxylic acids is 3. The van der Waals surface area contributed by atoms with E-state index in [1.54, 1.807) is 12.1 Å². The van der Waals surface area contributed by atoms with Crippen LogP contribution in [0.15, 0.2) is 71.2 Å². The number of nitrogens with zero attached hydrogens (tertiary/aromatic N) is 1. The lowest BCUT2D eigenvalue weighted by Gasteiger charge is -2.14. The SMILES string of the molecule is CC(/C=C1\SC(=S)N(CCCC(=O)NNC(=O)c2ccc(C)cc2)C1=O)=C\c1ccccc1. The van der Waals surface area contributed by atoms with Gasteiger partial charge in [0.05, 0.1) is 4.91 Å². The number of aryl methyl sites for hydroxylation is 1. The highest BCUT2D eigenvalue weighted by molar-refractivity contribution is 8.26. The van der Waals surface area contributed by atoms with E-state index in [9.17, 15) is 14.4 Å². The van der Waals surface area contributed by atoms with Gasteiger partial charge in [-0.15, -0.1) is 0 Å². The molecular formula is C25H25N3O3S2. The molecular weight excluding hydrogens is 454 g/mol. The predicted octanol–water partition coefficient (Wildman–Crippen LogP) is 4.38. The third kappa shape index (κ3) is 7.13. The minimum atomic E-state index is -0.385. The van der Waals surface area contributed by atoms with Gasteiger partial charge in [-0.2, -0.15) is 0 Å². The number of thiocarbonyl (C=S) groups is 1. The van der Waals surface area contributed by atoms with E-state index in [-0.39, 0.29) is 24.1 Å². The second kappa shape index (κ2) is 11.6. The van der Waals surface area contributed by atoms with Gasteiger partial charge in [-0.05, 0) is 49.6 Å². The highest BCUT2D eigenvalue weighted by Crippen LogP contribution is 2.32. The molecule has 3 rings (SSSR count). The lowest BCUT2D eigenvalue weighted by atomic mass is 10.1. The van der Waals surface area contributed by atoms with Gasteiger partial charge in [0.15, 0.2) is 0 Å². The average molecular weight is 480 g/mol. The summed E-state index contributed by atoms with van der Waals surface area (Å²) in [6, 6.07) is 16.9. The maximum Gasteiger partial charge on any atom is 0.269 e. The van der Waals surface area contributed by atoms with Crippen molar-refractivity contribution in [1.82, 2.24) is 15.8 Å². The fourth-order valence-electron chi connectivity index (χ4n) is 3.12. The first-order valence-electron chi connectivity index (χ1n) is 10.5. The van der Waals surface area contributed by atoms with Crippen molar-refractivity contribution in [2.75, 3.05) is 6.54 Å². The number of carbonyl (C=O) groups is 3. The van der Waals surface area contributed by atoms with Gasteiger partial charge >= 0.3 is 0 Å². The number of thioether (sulfide) groups is 1. The van der Waals surface area contributed by atoms with Crippen molar-refractivity contribution < 1.29 is 14.4 Å². The number of hydrogen-bond acceptors (Lipinski definition) is 5. The van der Waals surface area contributed by atoms with E-state index in [2.05, 4.69) is 10.9 Å². The molecule has 0 bridgehead atoms. The van der Waals surface area contributed by atoms with Gasteiger partial charge in [-0.3, -0.25) is 30.1 Å². The zero-order chi connectivity index (χ0) is 23.8. The first-order valence-corrected chi connectivity index (χ1v) is 11.7. The van der Waals surface area contributed by atoms with Crippen LogP contribution in [0.3, 0.4) is 0 Å². The summed E-state index contributed by atoms with van der Waals surface area (Å²) in [4.78, 5) is 38.9. The molecule has 1 aliphatic heterocycles. The monoisotopic (exact) mass is 479 g/mol. The van der Waals surface area contributed by atoms with Gasteiger partial charge < -0.3 is 0 Å².